The predicted molar refractivity (Wildman–Crippen MR) is 114 cm³/mol. The Kier molecular flexibility index (Phi) is 8.52. The average molecular weight is 454 g/mol. The summed E-state index contributed by atoms with van der Waals surface area (Å²) in [4.78, 5) is 12.3. The fraction of sp³-hybridized carbons (Fsp3) is 0.286. The van der Waals surface area contributed by atoms with Crippen molar-refractivity contribution in [1.82, 2.24) is 4.31 Å². The highest BCUT2D eigenvalue weighted by Crippen LogP contribution is 2.31. The van der Waals surface area contributed by atoms with Crippen LogP contribution in [0.2, 0.25) is 0 Å². The Hall–Kier alpha value is -2.98. The third kappa shape index (κ3) is 6.50. The minimum Gasteiger partial charge on any atom is -0.493 e. The number of benzene rings is 2. The summed E-state index contributed by atoms with van der Waals surface area (Å²) in [6, 6.07) is 10.2. The van der Waals surface area contributed by atoms with Crippen LogP contribution >= 0.6 is 0 Å². The van der Waals surface area contributed by atoms with Crippen molar-refractivity contribution in [2.45, 2.75) is 25.4 Å². The van der Waals surface area contributed by atoms with Crippen molar-refractivity contribution in [3.63, 3.8) is 0 Å². The van der Waals surface area contributed by atoms with E-state index >= 15 is 0 Å². The summed E-state index contributed by atoms with van der Waals surface area (Å²) in [5.41, 5.74) is 0.858. The molecule has 1 N–H and O–H groups in total. The lowest BCUT2D eigenvalue weighted by atomic mass is 10.2. The molecule has 0 aliphatic carbocycles. The Balaban J connectivity index is 2.08. The van der Waals surface area contributed by atoms with E-state index < -0.39 is 22.5 Å². The number of hydrogen-bond acceptors (Lipinski definition) is 5. The number of carbonyl (C=O) groups excluding carboxylic acids is 1. The highest BCUT2D eigenvalue weighted by atomic mass is 32.2. The molecule has 0 heterocycles. The Bertz CT molecular complexity index is 1020. The summed E-state index contributed by atoms with van der Waals surface area (Å²) < 4.78 is 60.7. The van der Waals surface area contributed by atoms with Crippen molar-refractivity contribution in [1.29, 1.82) is 0 Å². The molecule has 10 heteroatoms. The van der Waals surface area contributed by atoms with Gasteiger partial charge >= 0.3 is 6.61 Å². The van der Waals surface area contributed by atoms with Gasteiger partial charge in [-0.15, -0.1) is 0 Å². The lowest BCUT2D eigenvalue weighted by Crippen LogP contribution is -2.30. The van der Waals surface area contributed by atoms with Gasteiger partial charge in [0, 0.05) is 30.9 Å². The number of hydrogen-bond donors (Lipinski definition) is 1. The number of nitrogens with zero attached hydrogens (tertiary/aromatic N) is 1. The van der Waals surface area contributed by atoms with Gasteiger partial charge < -0.3 is 14.8 Å². The largest absolute Gasteiger partial charge is 0.493 e. The molecule has 0 radical (unpaired) electrons. The summed E-state index contributed by atoms with van der Waals surface area (Å²) in [7, 11) is -2.24. The minimum atomic E-state index is -3.55. The molecular formula is C21H24F2N2O5S. The van der Waals surface area contributed by atoms with Crippen LogP contribution < -0.4 is 14.8 Å². The number of nitrogens with one attached hydrogen (secondary N) is 1. The molecule has 0 atom stereocenters. The molecule has 0 aromatic heterocycles. The normalized spacial score (nSPS) is 11.8. The third-order valence-corrected chi connectivity index (χ3v) is 6.36. The lowest BCUT2D eigenvalue weighted by molar-refractivity contribution is -0.111. The van der Waals surface area contributed by atoms with Gasteiger partial charge in [-0.3, -0.25) is 4.79 Å². The van der Waals surface area contributed by atoms with Crippen LogP contribution in [0.25, 0.3) is 6.08 Å². The van der Waals surface area contributed by atoms with E-state index in [4.69, 9.17) is 4.74 Å². The molecule has 7 nitrogen and oxygen atoms in total. The van der Waals surface area contributed by atoms with Gasteiger partial charge in [0.1, 0.15) is 0 Å². The summed E-state index contributed by atoms with van der Waals surface area (Å²) in [6.07, 6.45) is 2.75. The zero-order chi connectivity index (χ0) is 23.0. The number of halogens is 2. The van der Waals surface area contributed by atoms with Crippen molar-refractivity contribution in [2.24, 2.45) is 0 Å². The van der Waals surface area contributed by atoms with Crippen molar-refractivity contribution < 1.29 is 31.5 Å². The van der Waals surface area contributed by atoms with Gasteiger partial charge in [0.2, 0.25) is 15.9 Å². The standard InChI is InChI=1S/C21H24F2N2O5S/c1-4-25(5-2)31(27,28)17-10-6-15(7-11-17)8-13-20(26)24-16-9-12-18(29-3)19(14-16)30-21(22)23/h6-14,21H,4-5H2,1-3H3,(H,24,26)/b13-8+. The highest BCUT2D eigenvalue weighted by Gasteiger charge is 2.21. The second kappa shape index (κ2) is 10.9. The second-order valence-corrected chi connectivity index (χ2v) is 8.16. The van der Waals surface area contributed by atoms with E-state index in [1.54, 1.807) is 26.0 Å². The quantitative estimate of drug-likeness (QED) is 0.549. The number of rotatable bonds is 10. The van der Waals surface area contributed by atoms with Crippen LogP contribution in [-0.4, -0.2) is 45.4 Å². The van der Waals surface area contributed by atoms with Crippen LogP contribution in [0.1, 0.15) is 19.4 Å². The molecule has 0 bridgehead atoms. The summed E-state index contributed by atoms with van der Waals surface area (Å²) >= 11 is 0. The van der Waals surface area contributed by atoms with Crippen LogP contribution in [0.4, 0.5) is 14.5 Å². The fourth-order valence-corrected chi connectivity index (χ4v) is 4.22. The number of methoxy groups -OCH3 is 1. The van der Waals surface area contributed by atoms with E-state index in [0.29, 0.717) is 18.7 Å². The van der Waals surface area contributed by atoms with Crippen LogP contribution in [0, 0.1) is 0 Å². The Morgan fingerprint density at radius 1 is 1.10 bits per heavy atom. The number of anilines is 1. The molecule has 0 spiro atoms. The van der Waals surface area contributed by atoms with Crippen LogP contribution in [0.5, 0.6) is 11.5 Å². The average Bonchev–Trinajstić information content (AvgIpc) is 2.73. The summed E-state index contributed by atoms with van der Waals surface area (Å²) in [5, 5.41) is 2.53. The molecule has 2 aromatic rings. The van der Waals surface area contributed by atoms with E-state index in [-0.39, 0.29) is 22.1 Å². The highest BCUT2D eigenvalue weighted by molar-refractivity contribution is 7.89. The molecule has 0 unspecified atom stereocenters. The van der Waals surface area contributed by atoms with E-state index in [1.807, 2.05) is 0 Å². The van der Waals surface area contributed by atoms with Crippen LogP contribution in [0.3, 0.4) is 0 Å². The van der Waals surface area contributed by atoms with Crippen LogP contribution in [0.15, 0.2) is 53.4 Å². The molecular weight excluding hydrogens is 430 g/mol. The first-order valence-electron chi connectivity index (χ1n) is 9.43. The minimum absolute atomic E-state index is 0.105. The van der Waals surface area contributed by atoms with Gasteiger partial charge in [-0.25, -0.2) is 8.42 Å². The van der Waals surface area contributed by atoms with Gasteiger partial charge in [-0.1, -0.05) is 26.0 Å². The first-order chi connectivity index (χ1) is 14.7. The first kappa shape index (κ1) is 24.3. The molecule has 1 amide bonds. The Labute approximate surface area is 180 Å². The van der Waals surface area contributed by atoms with E-state index in [9.17, 15) is 22.0 Å². The molecule has 0 saturated heterocycles. The monoisotopic (exact) mass is 454 g/mol. The van der Waals surface area contributed by atoms with E-state index in [1.165, 1.54) is 53.9 Å². The molecule has 168 valence electrons. The molecule has 0 fully saturated rings. The topological polar surface area (TPSA) is 84.9 Å². The molecule has 31 heavy (non-hydrogen) atoms. The van der Waals surface area contributed by atoms with Crippen molar-refractivity contribution >= 4 is 27.7 Å². The van der Waals surface area contributed by atoms with Gasteiger partial charge in [-0.2, -0.15) is 13.1 Å². The maximum absolute atomic E-state index is 12.5. The number of amides is 1. The fourth-order valence-electron chi connectivity index (χ4n) is 2.76. The summed E-state index contributed by atoms with van der Waals surface area (Å²) in [5.74, 6) is -0.606. The van der Waals surface area contributed by atoms with Crippen molar-refractivity contribution in [3.8, 4) is 11.5 Å². The van der Waals surface area contributed by atoms with Gasteiger partial charge in [-0.05, 0) is 35.9 Å². The molecule has 2 rings (SSSR count). The number of sulfonamides is 1. The van der Waals surface area contributed by atoms with E-state index in [2.05, 4.69) is 10.1 Å². The van der Waals surface area contributed by atoms with Crippen molar-refractivity contribution in [2.75, 3.05) is 25.5 Å². The Morgan fingerprint density at radius 2 is 1.74 bits per heavy atom. The predicted octanol–water partition coefficient (Wildman–Crippen LogP) is 3.98. The third-order valence-electron chi connectivity index (χ3n) is 4.30. The van der Waals surface area contributed by atoms with Gasteiger partial charge in [0.15, 0.2) is 11.5 Å². The smallest absolute Gasteiger partial charge is 0.387 e. The number of carbonyl (C=O) groups is 1. The molecule has 0 aliphatic rings. The van der Waals surface area contributed by atoms with Gasteiger partial charge in [0.25, 0.3) is 0 Å². The SMILES string of the molecule is CCN(CC)S(=O)(=O)c1ccc(/C=C/C(=O)Nc2ccc(OC)c(OC(F)F)c2)cc1. The molecule has 0 saturated carbocycles. The maximum Gasteiger partial charge on any atom is 0.387 e. The Morgan fingerprint density at radius 3 is 2.29 bits per heavy atom. The van der Waals surface area contributed by atoms with E-state index in [0.717, 1.165) is 0 Å². The molecule has 2 aromatic carbocycles. The zero-order valence-corrected chi connectivity index (χ0v) is 18.2. The number of ether oxygens (including phenoxy) is 2. The second-order valence-electron chi connectivity index (χ2n) is 6.23. The summed E-state index contributed by atoms with van der Waals surface area (Å²) in [6.45, 7) is 1.24. The van der Waals surface area contributed by atoms with Crippen LogP contribution in [-0.2, 0) is 14.8 Å². The lowest BCUT2D eigenvalue weighted by Gasteiger charge is -2.18. The maximum atomic E-state index is 12.5. The zero-order valence-electron chi connectivity index (χ0n) is 17.3. The number of alkyl halides is 2. The van der Waals surface area contributed by atoms with Gasteiger partial charge in [0.05, 0.1) is 12.0 Å². The molecule has 0 aliphatic heterocycles. The van der Waals surface area contributed by atoms with Crippen molar-refractivity contribution in [3.05, 3.63) is 54.1 Å². The first-order valence-corrected chi connectivity index (χ1v) is 10.9.